The number of pyridine rings is 1. The summed E-state index contributed by atoms with van der Waals surface area (Å²) in [6.45, 7) is 4.43. The third-order valence-corrected chi connectivity index (χ3v) is 6.57. The largest absolute Gasteiger partial charge is 0.425 e. The summed E-state index contributed by atoms with van der Waals surface area (Å²) in [5.74, 6) is 0.271. The Kier molecular flexibility index (Phi) is 10.9. The molecule has 4 nitrogen and oxygen atoms in total. The first-order valence-electron chi connectivity index (χ1n) is 12.2. The van der Waals surface area contributed by atoms with Gasteiger partial charge in [0.1, 0.15) is 5.75 Å². The highest BCUT2D eigenvalue weighted by Gasteiger charge is 2.37. The molecule has 1 saturated carbocycles. The van der Waals surface area contributed by atoms with Crippen molar-refractivity contribution in [2.45, 2.75) is 110 Å². The molecule has 0 spiro atoms. The summed E-state index contributed by atoms with van der Waals surface area (Å²) in [6, 6.07) is 6.41. The van der Waals surface area contributed by atoms with E-state index < -0.39 is 0 Å². The van der Waals surface area contributed by atoms with E-state index in [-0.39, 0.29) is 17.3 Å². The topological polar surface area (TPSA) is 63.0 Å². The Morgan fingerprint density at radius 3 is 2.33 bits per heavy atom. The molecule has 0 unspecified atom stereocenters. The molecule has 0 radical (unpaired) electrons. The van der Waals surface area contributed by atoms with Crippen LogP contribution < -0.4 is 4.74 Å². The van der Waals surface area contributed by atoms with E-state index in [9.17, 15) is 10.1 Å². The molecule has 1 aliphatic rings. The Hall–Kier alpha value is -1.89. The minimum atomic E-state index is -0.232. The van der Waals surface area contributed by atoms with Crippen LogP contribution >= 0.6 is 0 Å². The third kappa shape index (κ3) is 8.09. The lowest BCUT2D eigenvalue weighted by molar-refractivity contribution is -0.140. The monoisotopic (exact) mass is 412 g/mol. The number of aromatic nitrogens is 1. The number of rotatable bonds is 13. The van der Waals surface area contributed by atoms with Crippen LogP contribution in [0.25, 0.3) is 0 Å². The average Bonchev–Trinajstić information content (AvgIpc) is 2.78. The van der Waals surface area contributed by atoms with Gasteiger partial charge >= 0.3 is 5.97 Å². The number of aryl methyl sites for hydroxylation is 1. The van der Waals surface area contributed by atoms with Crippen LogP contribution in [0.3, 0.4) is 0 Å². The summed E-state index contributed by atoms with van der Waals surface area (Å²) in [6.07, 6.45) is 17.8. The second-order valence-electron chi connectivity index (χ2n) is 9.05. The number of nitriles is 1. The molecule has 2 rings (SSSR count). The fourth-order valence-electron chi connectivity index (χ4n) is 4.44. The Morgan fingerprint density at radius 2 is 1.73 bits per heavy atom. The molecule has 0 bridgehead atoms. The number of unbranched alkanes of at least 4 members (excludes halogenated alkanes) is 7. The standard InChI is InChI=1S/C26H40N2O2/c1-3-5-7-9-11-17-26(21-27)18-15-22(16-19-26)25(29)30-24-14-13-23(28-20-24)12-10-8-6-4-2/h13-14,20,22H,3-12,15-19H2,1-2H3. The van der Waals surface area contributed by atoms with Gasteiger partial charge < -0.3 is 4.74 Å². The minimum Gasteiger partial charge on any atom is -0.425 e. The predicted molar refractivity (Wildman–Crippen MR) is 121 cm³/mol. The van der Waals surface area contributed by atoms with Crippen molar-refractivity contribution in [3.8, 4) is 11.8 Å². The molecule has 1 heterocycles. The van der Waals surface area contributed by atoms with Crippen LogP contribution in [0.2, 0.25) is 0 Å². The van der Waals surface area contributed by atoms with Crippen LogP contribution in [0.1, 0.15) is 109 Å². The zero-order chi connectivity index (χ0) is 21.7. The van der Waals surface area contributed by atoms with Crippen molar-refractivity contribution in [2.24, 2.45) is 11.3 Å². The van der Waals surface area contributed by atoms with Crippen LogP contribution in [0.4, 0.5) is 0 Å². The van der Waals surface area contributed by atoms with Crippen LogP contribution in [0, 0.1) is 22.7 Å². The summed E-state index contributed by atoms with van der Waals surface area (Å²) < 4.78 is 5.59. The Balaban J connectivity index is 1.74. The molecular weight excluding hydrogens is 372 g/mol. The second kappa shape index (κ2) is 13.4. The number of hydrogen-bond donors (Lipinski definition) is 0. The first-order chi connectivity index (χ1) is 14.6. The van der Waals surface area contributed by atoms with E-state index in [0.29, 0.717) is 5.75 Å². The van der Waals surface area contributed by atoms with Crippen molar-refractivity contribution in [1.82, 2.24) is 4.98 Å². The Bertz CT molecular complexity index is 655. The molecule has 1 aromatic heterocycles. The van der Waals surface area contributed by atoms with Gasteiger partial charge in [-0.2, -0.15) is 5.26 Å². The van der Waals surface area contributed by atoms with Crippen LogP contribution in [0.5, 0.6) is 5.75 Å². The molecule has 30 heavy (non-hydrogen) atoms. The van der Waals surface area contributed by atoms with Gasteiger partial charge in [-0.3, -0.25) is 9.78 Å². The van der Waals surface area contributed by atoms with Gasteiger partial charge in [-0.15, -0.1) is 0 Å². The van der Waals surface area contributed by atoms with E-state index in [0.717, 1.165) is 57.1 Å². The number of ether oxygens (including phenoxy) is 1. The van der Waals surface area contributed by atoms with E-state index in [1.54, 1.807) is 6.20 Å². The first kappa shape index (κ1) is 24.4. The zero-order valence-electron chi connectivity index (χ0n) is 19.1. The summed E-state index contributed by atoms with van der Waals surface area (Å²) >= 11 is 0. The third-order valence-electron chi connectivity index (χ3n) is 6.57. The molecule has 4 heteroatoms. The molecule has 0 aromatic carbocycles. The van der Waals surface area contributed by atoms with E-state index >= 15 is 0 Å². The molecule has 166 valence electrons. The van der Waals surface area contributed by atoms with Gasteiger partial charge in [0.05, 0.1) is 23.6 Å². The van der Waals surface area contributed by atoms with E-state index in [2.05, 4.69) is 24.9 Å². The van der Waals surface area contributed by atoms with Crippen molar-refractivity contribution in [2.75, 3.05) is 0 Å². The van der Waals surface area contributed by atoms with E-state index in [4.69, 9.17) is 4.74 Å². The second-order valence-corrected chi connectivity index (χ2v) is 9.05. The van der Waals surface area contributed by atoms with Crippen molar-refractivity contribution in [3.05, 3.63) is 24.0 Å². The normalized spacial score (nSPS) is 21.2. The zero-order valence-corrected chi connectivity index (χ0v) is 19.1. The molecule has 1 aliphatic carbocycles. The fraction of sp³-hybridized carbons (Fsp3) is 0.731. The lowest BCUT2D eigenvalue weighted by Gasteiger charge is -2.34. The van der Waals surface area contributed by atoms with Crippen LogP contribution in [-0.2, 0) is 11.2 Å². The van der Waals surface area contributed by atoms with Crippen LogP contribution in [-0.4, -0.2) is 11.0 Å². The molecule has 1 fully saturated rings. The minimum absolute atomic E-state index is 0.0970. The van der Waals surface area contributed by atoms with Crippen molar-refractivity contribution >= 4 is 5.97 Å². The highest BCUT2D eigenvalue weighted by molar-refractivity contribution is 5.75. The maximum atomic E-state index is 12.6. The number of esters is 1. The van der Waals surface area contributed by atoms with Gasteiger partial charge in [-0.1, -0.05) is 65.2 Å². The van der Waals surface area contributed by atoms with Gasteiger partial charge in [0.2, 0.25) is 0 Å². The number of carbonyl (C=O) groups excluding carboxylic acids is 1. The quantitative estimate of drug-likeness (QED) is 0.254. The first-order valence-corrected chi connectivity index (χ1v) is 12.2. The van der Waals surface area contributed by atoms with Gasteiger partial charge in [0.25, 0.3) is 0 Å². The van der Waals surface area contributed by atoms with Gasteiger partial charge in [0.15, 0.2) is 0 Å². The summed E-state index contributed by atoms with van der Waals surface area (Å²) in [5, 5.41) is 9.75. The molecule has 0 amide bonds. The summed E-state index contributed by atoms with van der Waals surface area (Å²) in [5.41, 5.74) is 0.825. The highest BCUT2D eigenvalue weighted by Crippen LogP contribution is 2.42. The molecule has 0 atom stereocenters. The highest BCUT2D eigenvalue weighted by atomic mass is 16.5. The van der Waals surface area contributed by atoms with Crippen LogP contribution in [0.15, 0.2) is 18.3 Å². The smallest absolute Gasteiger partial charge is 0.314 e. The van der Waals surface area contributed by atoms with Crippen molar-refractivity contribution in [1.29, 1.82) is 5.26 Å². The molecular formula is C26H40N2O2. The predicted octanol–water partition coefficient (Wildman–Crippen LogP) is 7.17. The number of carbonyl (C=O) groups is 1. The van der Waals surface area contributed by atoms with Crippen molar-refractivity contribution < 1.29 is 9.53 Å². The SMILES string of the molecule is CCCCCCCC1(C#N)CCC(C(=O)Oc2ccc(CCCCCC)nc2)CC1. The van der Waals surface area contributed by atoms with E-state index in [1.807, 2.05) is 12.1 Å². The Labute approximate surface area is 183 Å². The number of nitrogens with zero attached hydrogens (tertiary/aromatic N) is 2. The van der Waals surface area contributed by atoms with Gasteiger partial charge in [-0.25, -0.2) is 0 Å². The molecule has 0 aliphatic heterocycles. The fourth-order valence-corrected chi connectivity index (χ4v) is 4.44. The van der Waals surface area contributed by atoms with Gasteiger partial charge in [0, 0.05) is 5.69 Å². The van der Waals surface area contributed by atoms with E-state index in [1.165, 1.54) is 44.9 Å². The lowest BCUT2D eigenvalue weighted by atomic mass is 9.69. The molecule has 0 N–H and O–H groups in total. The van der Waals surface area contributed by atoms with Gasteiger partial charge in [-0.05, 0) is 57.1 Å². The average molecular weight is 413 g/mol. The Morgan fingerprint density at radius 1 is 1.07 bits per heavy atom. The maximum Gasteiger partial charge on any atom is 0.314 e. The maximum absolute atomic E-state index is 12.6. The summed E-state index contributed by atoms with van der Waals surface area (Å²) in [7, 11) is 0. The van der Waals surface area contributed by atoms with Crippen molar-refractivity contribution in [3.63, 3.8) is 0 Å². The number of hydrogen-bond acceptors (Lipinski definition) is 4. The molecule has 0 saturated heterocycles. The summed E-state index contributed by atoms with van der Waals surface area (Å²) in [4.78, 5) is 17.0. The molecule has 1 aromatic rings. The lowest BCUT2D eigenvalue weighted by Crippen LogP contribution is -2.31.